The van der Waals surface area contributed by atoms with Crippen molar-refractivity contribution in [2.45, 2.75) is 57.4 Å². The minimum atomic E-state index is -0.0893. The van der Waals surface area contributed by atoms with Gasteiger partial charge in [0.15, 0.2) is 0 Å². The van der Waals surface area contributed by atoms with Crippen molar-refractivity contribution >= 4 is 11.8 Å². The highest BCUT2D eigenvalue weighted by Crippen LogP contribution is 2.16. The molecule has 0 heterocycles. The number of rotatable bonds is 9. The van der Waals surface area contributed by atoms with Crippen molar-refractivity contribution in [3.05, 3.63) is 35.9 Å². The fourth-order valence-corrected chi connectivity index (χ4v) is 3.19. The molecule has 0 bridgehead atoms. The van der Waals surface area contributed by atoms with Crippen LogP contribution in [0.15, 0.2) is 30.3 Å². The number of benzene rings is 1. The van der Waals surface area contributed by atoms with Crippen LogP contribution in [0.4, 0.5) is 0 Å². The summed E-state index contributed by atoms with van der Waals surface area (Å²) in [6, 6.07) is 9.74. The van der Waals surface area contributed by atoms with Gasteiger partial charge in [-0.3, -0.25) is 9.59 Å². The zero-order valence-electron chi connectivity index (χ0n) is 15.1. The summed E-state index contributed by atoms with van der Waals surface area (Å²) in [6.07, 6.45) is 8.96. The maximum atomic E-state index is 11.9. The third-order valence-corrected chi connectivity index (χ3v) is 4.64. The van der Waals surface area contributed by atoms with E-state index in [0.29, 0.717) is 37.5 Å². The highest BCUT2D eigenvalue weighted by atomic mass is 16.2. The molecular weight excluding hydrogens is 314 g/mol. The summed E-state index contributed by atoms with van der Waals surface area (Å²) >= 11 is 0. The van der Waals surface area contributed by atoms with E-state index < -0.39 is 0 Å². The second-order valence-corrected chi connectivity index (χ2v) is 6.72. The largest absolute Gasteiger partial charge is 0.355 e. The molecule has 1 aromatic carbocycles. The van der Waals surface area contributed by atoms with E-state index in [-0.39, 0.29) is 11.8 Å². The van der Waals surface area contributed by atoms with Crippen LogP contribution in [-0.2, 0) is 4.79 Å². The summed E-state index contributed by atoms with van der Waals surface area (Å²) in [7, 11) is 0. The summed E-state index contributed by atoms with van der Waals surface area (Å²) in [6.45, 7) is 2.02. The molecule has 5 heteroatoms. The first-order valence-corrected chi connectivity index (χ1v) is 9.59. The van der Waals surface area contributed by atoms with Gasteiger partial charge >= 0.3 is 0 Å². The van der Waals surface area contributed by atoms with E-state index in [2.05, 4.69) is 16.0 Å². The molecule has 1 aliphatic carbocycles. The van der Waals surface area contributed by atoms with Crippen molar-refractivity contribution in [1.82, 2.24) is 16.0 Å². The van der Waals surface area contributed by atoms with E-state index in [1.165, 1.54) is 38.5 Å². The number of carbonyl (C=O) groups is 2. The first-order chi connectivity index (χ1) is 12.3. The zero-order chi connectivity index (χ0) is 17.7. The molecule has 0 unspecified atom stereocenters. The van der Waals surface area contributed by atoms with Gasteiger partial charge in [-0.05, 0) is 31.4 Å². The molecule has 138 valence electrons. The quantitative estimate of drug-likeness (QED) is 0.476. The van der Waals surface area contributed by atoms with Gasteiger partial charge in [-0.15, -0.1) is 0 Å². The summed E-state index contributed by atoms with van der Waals surface area (Å²) < 4.78 is 0. The van der Waals surface area contributed by atoms with Gasteiger partial charge in [0.25, 0.3) is 5.91 Å². The van der Waals surface area contributed by atoms with E-state index in [1.54, 1.807) is 12.1 Å². The molecule has 0 aromatic heterocycles. The van der Waals surface area contributed by atoms with E-state index in [4.69, 9.17) is 0 Å². The van der Waals surface area contributed by atoms with E-state index in [9.17, 15) is 9.59 Å². The summed E-state index contributed by atoms with van der Waals surface area (Å²) in [4.78, 5) is 23.7. The van der Waals surface area contributed by atoms with Crippen LogP contribution in [0.5, 0.6) is 0 Å². The van der Waals surface area contributed by atoms with Crippen LogP contribution in [0.25, 0.3) is 0 Å². The molecule has 25 heavy (non-hydrogen) atoms. The number of nitrogens with one attached hydrogen (secondary N) is 3. The molecule has 2 rings (SSSR count). The van der Waals surface area contributed by atoms with Crippen LogP contribution in [0.3, 0.4) is 0 Å². The van der Waals surface area contributed by atoms with Crippen LogP contribution in [0.2, 0.25) is 0 Å². The first-order valence-electron chi connectivity index (χ1n) is 9.59. The number of hydrogen-bond acceptors (Lipinski definition) is 3. The predicted molar refractivity (Wildman–Crippen MR) is 101 cm³/mol. The van der Waals surface area contributed by atoms with Gasteiger partial charge in [-0.2, -0.15) is 0 Å². The summed E-state index contributed by atoms with van der Waals surface area (Å²) in [5.74, 6) is -0.0368. The summed E-state index contributed by atoms with van der Waals surface area (Å²) in [5, 5.41) is 9.33. The number of amides is 2. The predicted octanol–water partition coefficient (Wildman–Crippen LogP) is 2.63. The maximum Gasteiger partial charge on any atom is 0.251 e. The number of hydrogen-bond donors (Lipinski definition) is 3. The maximum absolute atomic E-state index is 11.9. The second-order valence-electron chi connectivity index (χ2n) is 6.72. The molecule has 0 atom stereocenters. The van der Waals surface area contributed by atoms with Crippen LogP contribution in [0.1, 0.15) is 61.7 Å². The molecule has 1 aliphatic rings. The van der Waals surface area contributed by atoms with Crippen LogP contribution in [0, 0.1) is 0 Å². The minimum Gasteiger partial charge on any atom is -0.355 e. The lowest BCUT2D eigenvalue weighted by atomic mass is 10.1. The third kappa shape index (κ3) is 8.16. The lowest BCUT2D eigenvalue weighted by molar-refractivity contribution is -0.121. The molecule has 3 N–H and O–H groups in total. The average molecular weight is 345 g/mol. The van der Waals surface area contributed by atoms with Gasteiger partial charge in [0.05, 0.1) is 0 Å². The van der Waals surface area contributed by atoms with Gasteiger partial charge in [0.1, 0.15) is 0 Å². The lowest BCUT2D eigenvalue weighted by Crippen LogP contribution is -2.37. The molecule has 2 amide bonds. The minimum absolute atomic E-state index is 0.0524. The van der Waals surface area contributed by atoms with Crippen LogP contribution >= 0.6 is 0 Å². The molecule has 0 radical (unpaired) electrons. The van der Waals surface area contributed by atoms with Gasteiger partial charge < -0.3 is 16.0 Å². The Kier molecular flexibility index (Phi) is 9.05. The molecule has 5 nitrogen and oxygen atoms in total. The van der Waals surface area contributed by atoms with E-state index >= 15 is 0 Å². The zero-order valence-corrected chi connectivity index (χ0v) is 15.1. The van der Waals surface area contributed by atoms with E-state index in [1.807, 2.05) is 18.2 Å². The monoisotopic (exact) mass is 345 g/mol. The van der Waals surface area contributed by atoms with Crippen molar-refractivity contribution in [3.63, 3.8) is 0 Å². The number of carbonyl (C=O) groups excluding carboxylic acids is 2. The Morgan fingerprint density at radius 3 is 2.32 bits per heavy atom. The van der Waals surface area contributed by atoms with Gasteiger partial charge in [0.2, 0.25) is 5.91 Å². The average Bonchev–Trinajstić information content (AvgIpc) is 2.92. The molecule has 1 fully saturated rings. The highest BCUT2D eigenvalue weighted by molar-refractivity contribution is 5.94. The van der Waals surface area contributed by atoms with Crippen molar-refractivity contribution in [2.24, 2.45) is 0 Å². The topological polar surface area (TPSA) is 70.2 Å². The first kappa shape index (κ1) is 19.4. The fourth-order valence-electron chi connectivity index (χ4n) is 3.19. The Balaban J connectivity index is 1.47. The highest BCUT2D eigenvalue weighted by Gasteiger charge is 2.11. The van der Waals surface area contributed by atoms with Gasteiger partial charge in [-0.1, -0.05) is 43.9 Å². The lowest BCUT2D eigenvalue weighted by Gasteiger charge is -2.16. The molecule has 0 saturated heterocycles. The summed E-state index contributed by atoms with van der Waals surface area (Å²) in [5.41, 5.74) is 0.650. The van der Waals surface area contributed by atoms with Crippen molar-refractivity contribution in [3.8, 4) is 0 Å². The molecule has 1 aromatic rings. The Morgan fingerprint density at radius 2 is 1.60 bits per heavy atom. The third-order valence-electron chi connectivity index (χ3n) is 4.64. The Morgan fingerprint density at radius 1 is 0.880 bits per heavy atom. The molecular formula is C20H31N3O2. The van der Waals surface area contributed by atoms with Crippen molar-refractivity contribution in [2.75, 3.05) is 19.6 Å². The van der Waals surface area contributed by atoms with Gasteiger partial charge in [-0.25, -0.2) is 0 Å². The molecule has 1 saturated carbocycles. The van der Waals surface area contributed by atoms with Gasteiger partial charge in [0, 0.05) is 37.7 Å². The molecule has 0 spiro atoms. The smallest absolute Gasteiger partial charge is 0.251 e. The van der Waals surface area contributed by atoms with Crippen LogP contribution < -0.4 is 16.0 Å². The SMILES string of the molecule is O=C(CCCNC(=O)c1ccccc1)NCCNC1CCCCCC1. The Labute approximate surface area is 151 Å². The van der Waals surface area contributed by atoms with Crippen LogP contribution in [-0.4, -0.2) is 37.5 Å². The second kappa shape index (κ2) is 11.6. The fraction of sp³-hybridized carbons (Fsp3) is 0.600. The molecule has 0 aliphatic heterocycles. The van der Waals surface area contributed by atoms with Crippen molar-refractivity contribution < 1.29 is 9.59 Å². The van der Waals surface area contributed by atoms with E-state index in [0.717, 1.165) is 6.54 Å². The Hall–Kier alpha value is -1.88. The normalized spacial score (nSPS) is 15.4. The van der Waals surface area contributed by atoms with Crippen molar-refractivity contribution in [1.29, 1.82) is 0 Å². The Bertz CT molecular complexity index is 511. The standard InChI is InChI=1S/C20H31N3O2/c24-19(22-16-15-21-18-11-6-1-2-7-12-18)13-8-14-23-20(25)17-9-4-3-5-10-17/h3-5,9-10,18,21H,1-2,6-8,11-16H2,(H,22,24)(H,23,25).